The normalized spacial score (nSPS) is 12.4. The van der Waals surface area contributed by atoms with Crippen LogP contribution in [0.4, 0.5) is 4.39 Å². The molecule has 0 radical (unpaired) electrons. The van der Waals surface area contributed by atoms with Crippen molar-refractivity contribution in [3.63, 3.8) is 0 Å². The van der Waals surface area contributed by atoms with Crippen LogP contribution in [0.15, 0.2) is 36.5 Å². The highest BCUT2D eigenvalue weighted by molar-refractivity contribution is 6.30. The van der Waals surface area contributed by atoms with Gasteiger partial charge < -0.3 is 5.73 Å². The van der Waals surface area contributed by atoms with E-state index in [1.54, 1.807) is 12.1 Å². The van der Waals surface area contributed by atoms with Crippen molar-refractivity contribution in [1.82, 2.24) is 4.98 Å². The average Bonchev–Trinajstić information content (AvgIpc) is 2.42. The third kappa shape index (κ3) is 3.31. The molecule has 1 unspecified atom stereocenters. The van der Waals surface area contributed by atoms with Crippen molar-refractivity contribution in [3.05, 3.63) is 64.2 Å². The molecule has 0 fully saturated rings. The Balaban J connectivity index is 2.15. The fourth-order valence-electron chi connectivity index (χ4n) is 1.93. The van der Waals surface area contributed by atoms with Gasteiger partial charge in [-0.15, -0.1) is 0 Å². The molecule has 0 aliphatic heterocycles. The predicted octanol–water partition coefficient (Wildman–Crippen LogP) is 3.68. The predicted molar refractivity (Wildman–Crippen MR) is 75.7 cm³/mol. The van der Waals surface area contributed by atoms with Gasteiger partial charge in [-0.3, -0.25) is 4.98 Å². The summed E-state index contributed by atoms with van der Waals surface area (Å²) in [4.78, 5) is 4.33. The zero-order valence-electron chi connectivity index (χ0n) is 10.7. The molecule has 0 saturated carbocycles. The summed E-state index contributed by atoms with van der Waals surface area (Å²) in [6.45, 7) is 2.07. The first-order chi connectivity index (χ1) is 9.11. The quantitative estimate of drug-likeness (QED) is 0.927. The second-order valence-corrected chi connectivity index (χ2v) is 4.87. The highest BCUT2D eigenvalue weighted by atomic mass is 35.5. The molecule has 0 aliphatic rings. The molecule has 1 heterocycles. The second kappa shape index (κ2) is 6.13. The van der Waals surface area contributed by atoms with Crippen molar-refractivity contribution in [2.75, 3.05) is 0 Å². The van der Waals surface area contributed by atoms with E-state index < -0.39 is 11.9 Å². The van der Waals surface area contributed by atoms with Crippen molar-refractivity contribution < 1.29 is 4.39 Å². The molecule has 100 valence electrons. The Kier molecular flexibility index (Phi) is 4.51. The summed E-state index contributed by atoms with van der Waals surface area (Å²) < 4.78 is 13.8. The van der Waals surface area contributed by atoms with Crippen LogP contribution in [0, 0.1) is 5.82 Å². The molecular formula is C15H16ClFN2. The molecule has 0 aliphatic carbocycles. The van der Waals surface area contributed by atoms with Crippen LogP contribution >= 0.6 is 11.6 Å². The minimum atomic E-state index is -0.446. The summed E-state index contributed by atoms with van der Waals surface area (Å²) >= 11 is 5.75. The third-order valence-corrected chi connectivity index (χ3v) is 3.40. The summed E-state index contributed by atoms with van der Waals surface area (Å²) in [7, 11) is 0. The Morgan fingerprint density at radius 1 is 1.32 bits per heavy atom. The molecule has 19 heavy (non-hydrogen) atoms. The lowest BCUT2D eigenvalue weighted by molar-refractivity contribution is 0.578. The Morgan fingerprint density at radius 2 is 2.11 bits per heavy atom. The van der Waals surface area contributed by atoms with Crippen LogP contribution in [0.1, 0.15) is 29.8 Å². The van der Waals surface area contributed by atoms with Crippen molar-refractivity contribution in [1.29, 1.82) is 0 Å². The molecule has 1 aromatic carbocycles. The number of benzene rings is 1. The number of aryl methyl sites for hydroxylation is 1. The van der Waals surface area contributed by atoms with E-state index >= 15 is 0 Å². The SMILES string of the molecule is CCc1ccc(CC(N)c2cccc(Cl)c2F)nc1. The van der Waals surface area contributed by atoms with Crippen LogP contribution in [-0.2, 0) is 12.8 Å². The van der Waals surface area contributed by atoms with Gasteiger partial charge in [-0.25, -0.2) is 4.39 Å². The number of aromatic nitrogens is 1. The Labute approximate surface area is 117 Å². The molecule has 0 bridgehead atoms. The molecule has 1 aromatic heterocycles. The first-order valence-electron chi connectivity index (χ1n) is 6.25. The summed E-state index contributed by atoms with van der Waals surface area (Å²) in [5.74, 6) is -0.443. The zero-order chi connectivity index (χ0) is 13.8. The molecule has 0 spiro atoms. The topological polar surface area (TPSA) is 38.9 Å². The van der Waals surface area contributed by atoms with Gasteiger partial charge in [0.05, 0.1) is 5.02 Å². The summed E-state index contributed by atoms with van der Waals surface area (Å²) in [5.41, 5.74) is 8.48. The minimum absolute atomic E-state index is 0.0993. The van der Waals surface area contributed by atoms with E-state index in [-0.39, 0.29) is 5.02 Å². The number of nitrogens with zero attached hydrogens (tertiary/aromatic N) is 1. The van der Waals surface area contributed by atoms with E-state index in [2.05, 4.69) is 11.9 Å². The highest BCUT2D eigenvalue weighted by Crippen LogP contribution is 2.24. The van der Waals surface area contributed by atoms with Crippen LogP contribution in [-0.4, -0.2) is 4.98 Å². The molecule has 2 rings (SSSR count). The van der Waals surface area contributed by atoms with Crippen LogP contribution in [0.5, 0.6) is 0 Å². The molecule has 0 saturated heterocycles. The van der Waals surface area contributed by atoms with E-state index in [0.29, 0.717) is 12.0 Å². The lowest BCUT2D eigenvalue weighted by atomic mass is 10.0. The largest absolute Gasteiger partial charge is 0.324 e. The molecular weight excluding hydrogens is 263 g/mol. The third-order valence-electron chi connectivity index (χ3n) is 3.10. The van der Waals surface area contributed by atoms with Gasteiger partial charge >= 0.3 is 0 Å². The van der Waals surface area contributed by atoms with Gasteiger partial charge in [-0.1, -0.05) is 36.7 Å². The average molecular weight is 279 g/mol. The van der Waals surface area contributed by atoms with Crippen LogP contribution in [0.25, 0.3) is 0 Å². The standard InChI is InChI=1S/C15H16ClFN2/c1-2-10-6-7-11(19-9-10)8-14(18)12-4-3-5-13(16)15(12)17/h3-7,9,14H,2,8,18H2,1H3. The Hall–Kier alpha value is -1.45. The summed E-state index contributed by atoms with van der Waals surface area (Å²) in [6.07, 6.45) is 3.26. The molecule has 1 atom stereocenters. The van der Waals surface area contributed by atoms with Gasteiger partial charge in [0.25, 0.3) is 0 Å². The first-order valence-corrected chi connectivity index (χ1v) is 6.63. The van der Waals surface area contributed by atoms with E-state index in [1.807, 2.05) is 18.3 Å². The number of rotatable bonds is 4. The Morgan fingerprint density at radius 3 is 2.74 bits per heavy atom. The van der Waals surface area contributed by atoms with E-state index in [0.717, 1.165) is 12.1 Å². The molecule has 4 heteroatoms. The smallest absolute Gasteiger partial charge is 0.146 e. The zero-order valence-corrected chi connectivity index (χ0v) is 11.5. The lowest BCUT2D eigenvalue weighted by Crippen LogP contribution is -2.16. The fourth-order valence-corrected chi connectivity index (χ4v) is 2.11. The van der Waals surface area contributed by atoms with Crippen LogP contribution in [0.3, 0.4) is 0 Å². The minimum Gasteiger partial charge on any atom is -0.324 e. The van der Waals surface area contributed by atoms with E-state index in [9.17, 15) is 4.39 Å². The van der Waals surface area contributed by atoms with Gasteiger partial charge in [-0.05, 0) is 24.1 Å². The summed E-state index contributed by atoms with van der Waals surface area (Å²) in [5, 5.41) is 0.0993. The number of halogens is 2. The van der Waals surface area contributed by atoms with Gasteiger partial charge in [0.1, 0.15) is 5.82 Å². The van der Waals surface area contributed by atoms with E-state index in [4.69, 9.17) is 17.3 Å². The van der Waals surface area contributed by atoms with Gasteiger partial charge in [0.15, 0.2) is 0 Å². The lowest BCUT2D eigenvalue weighted by Gasteiger charge is -2.13. The van der Waals surface area contributed by atoms with Gasteiger partial charge in [0.2, 0.25) is 0 Å². The van der Waals surface area contributed by atoms with Crippen LogP contribution in [0.2, 0.25) is 5.02 Å². The fraction of sp³-hybridized carbons (Fsp3) is 0.267. The molecule has 2 nitrogen and oxygen atoms in total. The van der Waals surface area contributed by atoms with Crippen molar-refractivity contribution >= 4 is 11.6 Å². The van der Waals surface area contributed by atoms with E-state index in [1.165, 1.54) is 11.6 Å². The van der Waals surface area contributed by atoms with Crippen molar-refractivity contribution in [2.24, 2.45) is 5.73 Å². The Bertz CT molecular complexity index is 555. The van der Waals surface area contributed by atoms with Crippen molar-refractivity contribution in [2.45, 2.75) is 25.8 Å². The molecule has 2 aromatic rings. The summed E-state index contributed by atoms with van der Waals surface area (Å²) in [6, 6.07) is 8.38. The van der Waals surface area contributed by atoms with Crippen molar-refractivity contribution in [3.8, 4) is 0 Å². The van der Waals surface area contributed by atoms with Gasteiger partial charge in [-0.2, -0.15) is 0 Å². The molecule has 0 amide bonds. The van der Waals surface area contributed by atoms with Gasteiger partial charge in [0, 0.05) is 29.9 Å². The maximum absolute atomic E-state index is 13.8. The maximum Gasteiger partial charge on any atom is 0.146 e. The number of hydrogen-bond acceptors (Lipinski definition) is 2. The molecule has 2 N–H and O–H groups in total. The highest BCUT2D eigenvalue weighted by Gasteiger charge is 2.14. The maximum atomic E-state index is 13.8. The number of pyridine rings is 1. The van der Waals surface area contributed by atoms with Crippen LogP contribution < -0.4 is 5.73 Å². The monoisotopic (exact) mass is 278 g/mol. The first kappa shape index (κ1) is 14.0. The number of hydrogen-bond donors (Lipinski definition) is 1. The second-order valence-electron chi connectivity index (χ2n) is 4.47. The number of nitrogens with two attached hydrogens (primary N) is 1.